The highest BCUT2D eigenvalue weighted by Crippen LogP contribution is 2.05. The van der Waals surface area contributed by atoms with Crippen molar-refractivity contribution in [1.29, 1.82) is 0 Å². The molecule has 0 fully saturated rings. The van der Waals surface area contributed by atoms with Gasteiger partial charge in [0, 0.05) is 5.69 Å². The first-order valence-electron chi connectivity index (χ1n) is 3.56. The van der Waals surface area contributed by atoms with Gasteiger partial charge in [-0.05, 0) is 31.5 Å². The van der Waals surface area contributed by atoms with Crippen molar-refractivity contribution in [3.63, 3.8) is 0 Å². The van der Waals surface area contributed by atoms with Crippen LogP contribution in [0.25, 0.3) is 0 Å². The van der Waals surface area contributed by atoms with Gasteiger partial charge in [0.25, 0.3) is 0 Å². The summed E-state index contributed by atoms with van der Waals surface area (Å²) >= 11 is 0. The van der Waals surface area contributed by atoms with Crippen LogP contribution in [-0.4, -0.2) is 11.5 Å². The maximum absolute atomic E-state index is 12.4. The van der Waals surface area contributed by atoms with Crippen LogP contribution in [0.15, 0.2) is 12.1 Å². The summed E-state index contributed by atoms with van der Waals surface area (Å²) < 4.78 is 12.4. The third-order valence-electron chi connectivity index (χ3n) is 1.57. The highest BCUT2D eigenvalue weighted by molar-refractivity contribution is 5.18. The van der Waals surface area contributed by atoms with Crippen molar-refractivity contribution < 1.29 is 4.39 Å². The van der Waals surface area contributed by atoms with Gasteiger partial charge in [-0.15, -0.1) is 0 Å². The predicted octanol–water partition coefficient (Wildman–Crippen LogP) is 1.03. The normalized spacial score (nSPS) is 10.1. The summed E-state index contributed by atoms with van der Waals surface area (Å²) in [5.41, 5.74) is 7.10. The maximum Gasteiger partial charge on any atom is 0.213 e. The molecule has 0 bridgehead atoms. The molecule has 1 rings (SSSR count). The number of halogens is 1. The molecule has 3 heteroatoms. The number of hydrogen-bond donors (Lipinski definition) is 1. The zero-order chi connectivity index (χ0) is 8.27. The molecule has 0 spiro atoms. The lowest BCUT2D eigenvalue weighted by Crippen LogP contribution is -2.05. The summed E-state index contributed by atoms with van der Waals surface area (Å²) in [6.45, 7) is 2.36. The van der Waals surface area contributed by atoms with E-state index in [4.69, 9.17) is 5.73 Å². The molecule has 0 aromatic carbocycles. The molecule has 0 saturated heterocycles. The fourth-order valence-corrected chi connectivity index (χ4v) is 0.979. The SMILES string of the molecule is Cc1nc(F)ccc1CCN. The number of aromatic nitrogens is 1. The number of nitrogens with two attached hydrogens (primary N) is 1. The molecule has 0 atom stereocenters. The first-order chi connectivity index (χ1) is 5.24. The average molecular weight is 154 g/mol. The second kappa shape index (κ2) is 3.44. The van der Waals surface area contributed by atoms with Crippen LogP contribution in [0.4, 0.5) is 4.39 Å². The summed E-state index contributed by atoms with van der Waals surface area (Å²) in [5, 5.41) is 0. The first-order valence-corrected chi connectivity index (χ1v) is 3.56. The first kappa shape index (κ1) is 8.14. The Labute approximate surface area is 65.3 Å². The number of aryl methyl sites for hydroxylation is 1. The minimum absolute atomic E-state index is 0.428. The second-order valence-electron chi connectivity index (χ2n) is 2.42. The molecule has 1 aromatic rings. The molecule has 60 valence electrons. The van der Waals surface area contributed by atoms with Crippen LogP contribution >= 0.6 is 0 Å². The van der Waals surface area contributed by atoms with Gasteiger partial charge in [0.1, 0.15) is 0 Å². The van der Waals surface area contributed by atoms with E-state index in [1.807, 2.05) is 0 Å². The summed E-state index contributed by atoms with van der Waals surface area (Å²) in [5.74, 6) is -0.428. The van der Waals surface area contributed by atoms with E-state index in [0.717, 1.165) is 17.7 Å². The van der Waals surface area contributed by atoms with Gasteiger partial charge in [-0.2, -0.15) is 4.39 Å². The largest absolute Gasteiger partial charge is 0.330 e. The second-order valence-corrected chi connectivity index (χ2v) is 2.42. The molecule has 2 N–H and O–H groups in total. The molecule has 0 aliphatic rings. The van der Waals surface area contributed by atoms with Gasteiger partial charge in [-0.25, -0.2) is 4.98 Å². The van der Waals surface area contributed by atoms with Crippen LogP contribution in [0.5, 0.6) is 0 Å². The van der Waals surface area contributed by atoms with E-state index in [1.165, 1.54) is 6.07 Å². The molecule has 0 aliphatic heterocycles. The Hall–Kier alpha value is -0.960. The molecule has 0 unspecified atom stereocenters. The maximum atomic E-state index is 12.4. The van der Waals surface area contributed by atoms with Gasteiger partial charge in [0.05, 0.1) is 0 Å². The van der Waals surface area contributed by atoms with Crippen LogP contribution in [-0.2, 0) is 6.42 Å². The highest BCUT2D eigenvalue weighted by atomic mass is 19.1. The molecule has 1 heterocycles. The summed E-state index contributed by atoms with van der Waals surface area (Å²) in [4.78, 5) is 3.67. The molecular formula is C8H11FN2. The van der Waals surface area contributed by atoms with Gasteiger partial charge in [0.15, 0.2) is 0 Å². The van der Waals surface area contributed by atoms with Crippen molar-refractivity contribution in [1.82, 2.24) is 4.98 Å². The van der Waals surface area contributed by atoms with E-state index in [-0.39, 0.29) is 0 Å². The Morgan fingerprint density at radius 3 is 2.82 bits per heavy atom. The minimum Gasteiger partial charge on any atom is -0.330 e. The molecule has 0 amide bonds. The molecule has 0 aliphatic carbocycles. The van der Waals surface area contributed by atoms with E-state index in [0.29, 0.717) is 6.54 Å². The zero-order valence-corrected chi connectivity index (χ0v) is 6.47. The molecule has 0 saturated carbocycles. The van der Waals surface area contributed by atoms with Crippen molar-refractivity contribution in [2.24, 2.45) is 5.73 Å². The van der Waals surface area contributed by atoms with Crippen LogP contribution in [0.3, 0.4) is 0 Å². The van der Waals surface area contributed by atoms with E-state index in [1.54, 1.807) is 13.0 Å². The van der Waals surface area contributed by atoms with Crippen molar-refractivity contribution in [2.75, 3.05) is 6.54 Å². The summed E-state index contributed by atoms with van der Waals surface area (Å²) in [7, 11) is 0. The number of pyridine rings is 1. The van der Waals surface area contributed by atoms with Gasteiger partial charge >= 0.3 is 0 Å². The number of nitrogens with zero attached hydrogens (tertiary/aromatic N) is 1. The third kappa shape index (κ3) is 1.98. The van der Waals surface area contributed by atoms with Crippen LogP contribution in [0.2, 0.25) is 0 Å². The lowest BCUT2D eigenvalue weighted by Gasteiger charge is -2.01. The van der Waals surface area contributed by atoms with Crippen molar-refractivity contribution in [3.05, 3.63) is 29.3 Å². The Kier molecular flexibility index (Phi) is 2.54. The van der Waals surface area contributed by atoms with E-state index < -0.39 is 5.95 Å². The smallest absolute Gasteiger partial charge is 0.213 e. The van der Waals surface area contributed by atoms with E-state index in [2.05, 4.69) is 4.98 Å². The molecule has 11 heavy (non-hydrogen) atoms. The van der Waals surface area contributed by atoms with Crippen molar-refractivity contribution >= 4 is 0 Å². The van der Waals surface area contributed by atoms with Crippen molar-refractivity contribution in [2.45, 2.75) is 13.3 Å². The topological polar surface area (TPSA) is 38.9 Å². The average Bonchev–Trinajstić information content (AvgIpc) is 1.95. The fraction of sp³-hybridized carbons (Fsp3) is 0.375. The quantitative estimate of drug-likeness (QED) is 0.646. The third-order valence-corrected chi connectivity index (χ3v) is 1.57. The van der Waals surface area contributed by atoms with Gasteiger partial charge in [-0.3, -0.25) is 0 Å². The van der Waals surface area contributed by atoms with Gasteiger partial charge < -0.3 is 5.73 Å². The monoisotopic (exact) mass is 154 g/mol. The standard InChI is InChI=1S/C8H11FN2/c1-6-7(4-5-10)2-3-8(9)11-6/h2-3H,4-5,10H2,1H3. The Balaban J connectivity index is 2.90. The van der Waals surface area contributed by atoms with Gasteiger partial charge in [-0.1, -0.05) is 6.07 Å². The summed E-state index contributed by atoms with van der Waals surface area (Å²) in [6.07, 6.45) is 0.763. The highest BCUT2D eigenvalue weighted by Gasteiger charge is 1.98. The van der Waals surface area contributed by atoms with E-state index in [9.17, 15) is 4.39 Å². The van der Waals surface area contributed by atoms with E-state index >= 15 is 0 Å². The van der Waals surface area contributed by atoms with Crippen LogP contribution < -0.4 is 5.73 Å². The minimum atomic E-state index is -0.428. The Bertz CT molecular complexity index is 248. The van der Waals surface area contributed by atoms with Gasteiger partial charge in [0.2, 0.25) is 5.95 Å². The number of hydrogen-bond acceptors (Lipinski definition) is 2. The molecular weight excluding hydrogens is 143 g/mol. The van der Waals surface area contributed by atoms with Crippen LogP contribution in [0, 0.1) is 12.9 Å². The fourth-order valence-electron chi connectivity index (χ4n) is 0.979. The summed E-state index contributed by atoms with van der Waals surface area (Å²) in [6, 6.07) is 3.09. The van der Waals surface area contributed by atoms with Crippen LogP contribution in [0.1, 0.15) is 11.3 Å². The lowest BCUT2D eigenvalue weighted by molar-refractivity contribution is 0.578. The molecule has 2 nitrogen and oxygen atoms in total. The lowest BCUT2D eigenvalue weighted by atomic mass is 10.1. The number of rotatable bonds is 2. The molecule has 0 radical (unpaired) electrons. The zero-order valence-electron chi connectivity index (χ0n) is 6.47. The Morgan fingerprint density at radius 2 is 2.27 bits per heavy atom. The predicted molar refractivity (Wildman–Crippen MR) is 41.7 cm³/mol. The Morgan fingerprint density at radius 1 is 1.55 bits per heavy atom. The van der Waals surface area contributed by atoms with Crippen molar-refractivity contribution in [3.8, 4) is 0 Å². The molecule has 1 aromatic heterocycles.